The fourth-order valence-corrected chi connectivity index (χ4v) is 1.88. The van der Waals surface area contributed by atoms with Crippen molar-refractivity contribution < 1.29 is 9.47 Å². The Kier molecular flexibility index (Phi) is 3.40. The Hall–Kier alpha value is -0.570. The molecule has 14 heavy (non-hydrogen) atoms. The molecule has 1 heterocycles. The van der Waals surface area contributed by atoms with Gasteiger partial charge in [0.1, 0.15) is 6.10 Å². The predicted molar refractivity (Wildman–Crippen MR) is 55.5 cm³/mol. The lowest BCUT2D eigenvalue weighted by atomic mass is 10.0. The molecule has 1 aliphatic heterocycles. The van der Waals surface area contributed by atoms with Gasteiger partial charge in [0.25, 0.3) is 0 Å². The average Bonchev–Trinajstić information content (AvgIpc) is 2.30. The lowest BCUT2D eigenvalue weighted by molar-refractivity contribution is -0.0903. The van der Waals surface area contributed by atoms with E-state index >= 15 is 0 Å². The molecule has 1 unspecified atom stereocenters. The number of hydrogen-bond donors (Lipinski definition) is 0. The molecule has 0 radical (unpaired) electrons. The van der Waals surface area contributed by atoms with Crippen LogP contribution in [0.1, 0.15) is 17.2 Å². The van der Waals surface area contributed by atoms with Gasteiger partial charge >= 0.3 is 0 Å². The highest BCUT2D eigenvalue weighted by Gasteiger charge is 2.18. The third kappa shape index (κ3) is 2.08. The summed E-state index contributed by atoms with van der Waals surface area (Å²) in [6.45, 7) is 1.99. The summed E-state index contributed by atoms with van der Waals surface area (Å²) < 4.78 is 11.0. The number of alkyl halides is 1. The molecular weight excluding hydrogens is 200 g/mol. The van der Waals surface area contributed by atoms with Crippen LogP contribution < -0.4 is 0 Å². The minimum absolute atomic E-state index is 0.0544. The Morgan fingerprint density at radius 2 is 2.14 bits per heavy atom. The van der Waals surface area contributed by atoms with Crippen molar-refractivity contribution in [3.05, 3.63) is 35.4 Å². The van der Waals surface area contributed by atoms with Crippen LogP contribution in [0.15, 0.2) is 24.3 Å². The van der Waals surface area contributed by atoms with E-state index in [-0.39, 0.29) is 6.10 Å². The van der Waals surface area contributed by atoms with Crippen molar-refractivity contribution in [1.29, 1.82) is 0 Å². The molecule has 1 saturated heterocycles. The third-order valence-electron chi connectivity index (χ3n) is 2.36. The van der Waals surface area contributed by atoms with Gasteiger partial charge in [-0.15, -0.1) is 11.6 Å². The smallest absolute Gasteiger partial charge is 0.106 e. The molecule has 1 aromatic rings. The van der Waals surface area contributed by atoms with Crippen LogP contribution in [0.3, 0.4) is 0 Å². The molecule has 1 fully saturated rings. The van der Waals surface area contributed by atoms with Crippen molar-refractivity contribution in [3.63, 3.8) is 0 Å². The lowest BCUT2D eigenvalue weighted by Crippen LogP contribution is -2.22. The summed E-state index contributed by atoms with van der Waals surface area (Å²) in [7, 11) is 0. The van der Waals surface area contributed by atoms with Gasteiger partial charge in [0, 0.05) is 5.88 Å². The zero-order valence-electron chi connectivity index (χ0n) is 7.91. The molecule has 0 aromatic heterocycles. The predicted octanol–water partition coefficient (Wildman–Crippen LogP) is 2.51. The van der Waals surface area contributed by atoms with Crippen molar-refractivity contribution in [2.45, 2.75) is 12.0 Å². The van der Waals surface area contributed by atoms with Crippen molar-refractivity contribution in [2.24, 2.45) is 0 Å². The largest absolute Gasteiger partial charge is 0.376 e. The molecule has 0 amide bonds. The Morgan fingerprint density at radius 3 is 2.86 bits per heavy atom. The maximum absolute atomic E-state index is 5.85. The number of hydrogen-bond acceptors (Lipinski definition) is 2. The van der Waals surface area contributed by atoms with E-state index in [2.05, 4.69) is 6.07 Å². The molecule has 0 saturated carbocycles. The second kappa shape index (κ2) is 4.78. The average molecular weight is 213 g/mol. The fraction of sp³-hybridized carbons (Fsp3) is 0.455. The zero-order chi connectivity index (χ0) is 9.80. The van der Waals surface area contributed by atoms with Crippen molar-refractivity contribution >= 4 is 11.6 Å². The van der Waals surface area contributed by atoms with Gasteiger partial charge in [-0.3, -0.25) is 0 Å². The number of rotatable bonds is 2. The van der Waals surface area contributed by atoms with Gasteiger partial charge in [0.15, 0.2) is 0 Å². The van der Waals surface area contributed by atoms with Gasteiger partial charge in [-0.25, -0.2) is 0 Å². The van der Waals surface area contributed by atoms with E-state index in [1.807, 2.05) is 18.2 Å². The van der Waals surface area contributed by atoms with Crippen LogP contribution in [0.2, 0.25) is 0 Å². The number of ether oxygens (including phenoxy) is 2. The summed E-state index contributed by atoms with van der Waals surface area (Å²) in [6.07, 6.45) is 0.0544. The van der Waals surface area contributed by atoms with Gasteiger partial charge in [-0.2, -0.15) is 0 Å². The Labute approximate surface area is 88.8 Å². The Morgan fingerprint density at radius 1 is 1.29 bits per heavy atom. The highest BCUT2D eigenvalue weighted by molar-refractivity contribution is 6.17. The van der Waals surface area contributed by atoms with Gasteiger partial charge in [-0.05, 0) is 11.1 Å². The molecule has 1 atom stereocenters. The third-order valence-corrected chi connectivity index (χ3v) is 2.65. The highest BCUT2D eigenvalue weighted by Crippen LogP contribution is 2.24. The second-order valence-corrected chi connectivity index (χ2v) is 3.53. The topological polar surface area (TPSA) is 18.5 Å². The molecule has 1 aliphatic rings. The van der Waals surface area contributed by atoms with E-state index in [1.54, 1.807) is 0 Å². The molecule has 0 N–H and O–H groups in total. The standard InChI is InChI=1S/C11H13ClO2/c12-7-9-3-1-2-4-10(9)11-8-13-5-6-14-11/h1-4,11H,5-8H2. The minimum Gasteiger partial charge on any atom is -0.376 e. The molecule has 0 spiro atoms. The summed E-state index contributed by atoms with van der Waals surface area (Å²) in [5, 5.41) is 0. The monoisotopic (exact) mass is 212 g/mol. The molecule has 1 aromatic carbocycles. The minimum atomic E-state index is 0.0544. The second-order valence-electron chi connectivity index (χ2n) is 3.27. The molecule has 0 aliphatic carbocycles. The van der Waals surface area contributed by atoms with Crippen LogP contribution in [0.5, 0.6) is 0 Å². The van der Waals surface area contributed by atoms with Crippen LogP contribution >= 0.6 is 11.6 Å². The molecule has 2 nitrogen and oxygen atoms in total. The van der Waals surface area contributed by atoms with E-state index in [0.717, 1.165) is 11.1 Å². The summed E-state index contributed by atoms with van der Waals surface area (Å²) in [5.74, 6) is 0.524. The van der Waals surface area contributed by atoms with Crippen molar-refractivity contribution in [3.8, 4) is 0 Å². The summed E-state index contributed by atoms with van der Waals surface area (Å²) >= 11 is 5.85. The SMILES string of the molecule is ClCc1ccccc1C1COCCO1. The van der Waals surface area contributed by atoms with Crippen molar-refractivity contribution in [1.82, 2.24) is 0 Å². The first kappa shape index (κ1) is 9.97. The van der Waals surface area contributed by atoms with Crippen LogP contribution in [-0.2, 0) is 15.4 Å². The van der Waals surface area contributed by atoms with Crippen LogP contribution in [-0.4, -0.2) is 19.8 Å². The van der Waals surface area contributed by atoms with Gasteiger partial charge in [0.05, 0.1) is 19.8 Å². The molecule has 2 rings (SSSR count). The summed E-state index contributed by atoms with van der Waals surface area (Å²) in [5.41, 5.74) is 2.28. The van der Waals surface area contributed by atoms with E-state index in [0.29, 0.717) is 25.7 Å². The molecular formula is C11H13ClO2. The van der Waals surface area contributed by atoms with Crippen LogP contribution in [0.4, 0.5) is 0 Å². The van der Waals surface area contributed by atoms with Gasteiger partial charge in [0.2, 0.25) is 0 Å². The first-order chi connectivity index (χ1) is 6.92. The maximum atomic E-state index is 5.85. The van der Waals surface area contributed by atoms with E-state index < -0.39 is 0 Å². The van der Waals surface area contributed by atoms with Crippen LogP contribution in [0, 0.1) is 0 Å². The highest BCUT2D eigenvalue weighted by atomic mass is 35.5. The number of halogens is 1. The molecule has 76 valence electrons. The Bertz CT molecular complexity index is 295. The Balaban J connectivity index is 2.20. The van der Waals surface area contributed by atoms with Gasteiger partial charge in [-0.1, -0.05) is 24.3 Å². The maximum Gasteiger partial charge on any atom is 0.106 e. The lowest BCUT2D eigenvalue weighted by Gasteiger charge is -2.24. The van der Waals surface area contributed by atoms with Crippen molar-refractivity contribution in [2.75, 3.05) is 19.8 Å². The number of benzene rings is 1. The first-order valence-corrected chi connectivity index (χ1v) is 5.28. The van der Waals surface area contributed by atoms with E-state index in [4.69, 9.17) is 21.1 Å². The van der Waals surface area contributed by atoms with Gasteiger partial charge < -0.3 is 9.47 Å². The summed E-state index contributed by atoms with van der Waals surface area (Å²) in [6, 6.07) is 8.08. The van der Waals surface area contributed by atoms with E-state index in [9.17, 15) is 0 Å². The van der Waals surface area contributed by atoms with Crippen LogP contribution in [0.25, 0.3) is 0 Å². The van der Waals surface area contributed by atoms with E-state index in [1.165, 1.54) is 0 Å². The zero-order valence-corrected chi connectivity index (χ0v) is 8.67. The first-order valence-electron chi connectivity index (χ1n) is 4.75. The summed E-state index contributed by atoms with van der Waals surface area (Å²) in [4.78, 5) is 0. The molecule has 0 bridgehead atoms. The normalized spacial score (nSPS) is 22.2. The quantitative estimate of drug-likeness (QED) is 0.702. The molecule has 3 heteroatoms. The fourth-order valence-electron chi connectivity index (χ4n) is 1.64.